The molecule has 0 radical (unpaired) electrons. The van der Waals surface area contributed by atoms with Gasteiger partial charge in [-0.25, -0.2) is 0 Å². The molecular formula is C24H23ClN4O2S. The van der Waals surface area contributed by atoms with Gasteiger partial charge in [-0.3, -0.25) is 10.1 Å². The summed E-state index contributed by atoms with van der Waals surface area (Å²) in [5, 5.41) is 18.3. The quantitative estimate of drug-likeness (QED) is 0.449. The Morgan fingerprint density at radius 2 is 1.91 bits per heavy atom. The van der Waals surface area contributed by atoms with E-state index < -0.39 is 0 Å². The van der Waals surface area contributed by atoms with E-state index in [0.29, 0.717) is 17.1 Å². The first-order valence-electron chi connectivity index (χ1n) is 10.2. The van der Waals surface area contributed by atoms with E-state index in [1.54, 1.807) is 7.11 Å². The first kappa shape index (κ1) is 22.2. The van der Waals surface area contributed by atoms with Crippen LogP contribution in [0.2, 0.25) is 0 Å². The monoisotopic (exact) mass is 466 g/mol. The van der Waals surface area contributed by atoms with Crippen molar-refractivity contribution in [2.75, 3.05) is 19.0 Å². The zero-order valence-electron chi connectivity index (χ0n) is 17.6. The van der Waals surface area contributed by atoms with E-state index in [-0.39, 0.29) is 18.3 Å². The normalized spacial score (nSPS) is 12.7. The Labute approximate surface area is 196 Å². The number of anilines is 1. The minimum absolute atomic E-state index is 0. The van der Waals surface area contributed by atoms with Crippen LogP contribution in [0.3, 0.4) is 0 Å². The number of hydrogen-bond donors (Lipinski definition) is 2. The molecule has 4 aromatic rings. The maximum absolute atomic E-state index is 12.7. The van der Waals surface area contributed by atoms with Crippen molar-refractivity contribution in [3.05, 3.63) is 81.9 Å². The van der Waals surface area contributed by atoms with E-state index in [1.165, 1.54) is 22.5 Å². The lowest BCUT2D eigenvalue weighted by atomic mass is 9.98. The van der Waals surface area contributed by atoms with Crippen molar-refractivity contribution in [3.63, 3.8) is 0 Å². The van der Waals surface area contributed by atoms with Crippen molar-refractivity contribution in [3.8, 4) is 5.75 Å². The van der Waals surface area contributed by atoms with Crippen LogP contribution in [0.15, 0.2) is 54.6 Å². The Hall–Kier alpha value is -3.00. The van der Waals surface area contributed by atoms with Crippen LogP contribution in [-0.4, -0.2) is 29.8 Å². The van der Waals surface area contributed by atoms with Crippen LogP contribution in [0.4, 0.5) is 5.13 Å². The Balaban J connectivity index is 0.00000245. The van der Waals surface area contributed by atoms with Crippen molar-refractivity contribution in [1.29, 1.82) is 0 Å². The van der Waals surface area contributed by atoms with Gasteiger partial charge in [0.1, 0.15) is 10.8 Å². The summed E-state index contributed by atoms with van der Waals surface area (Å²) in [4.78, 5) is 12.7. The van der Waals surface area contributed by atoms with Gasteiger partial charge >= 0.3 is 0 Å². The molecule has 2 N–H and O–H groups in total. The van der Waals surface area contributed by atoms with Gasteiger partial charge in [0.25, 0.3) is 5.91 Å². The fourth-order valence-corrected chi connectivity index (χ4v) is 4.62. The van der Waals surface area contributed by atoms with Crippen molar-refractivity contribution in [2.45, 2.75) is 19.4 Å². The predicted octanol–water partition coefficient (Wildman–Crippen LogP) is 4.61. The number of fused-ring (bicyclic) bond motifs is 2. The Bertz CT molecular complexity index is 1270. The molecule has 1 aliphatic heterocycles. The number of hydrogen-bond acceptors (Lipinski definition) is 6. The molecule has 3 aromatic carbocycles. The predicted molar refractivity (Wildman–Crippen MR) is 130 cm³/mol. The second kappa shape index (κ2) is 9.65. The second-order valence-electron chi connectivity index (χ2n) is 7.59. The molecule has 1 amide bonds. The molecular weight excluding hydrogens is 444 g/mol. The summed E-state index contributed by atoms with van der Waals surface area (Å²) in [6, 6.07) is 18.2. The first-order chi connectivity index (χ1) is 15.2. The van der Waals surface area contributed by atoms with E-state index in [9.17, 15) is 4.79 Å². The van der Waals surface area contributed by atoms with Gasteiger partial charge in [0, 0.05) is 18.5 Å². The third kappa shape index (κ3) is 4.75. The van der Waals surface area contributed by atoms with Crippen LogP contribution >= 0.6 is 23.7 Å². The highest BCUT2D eigenvalue weighted by molar-refractivity contribution is 7.15. The van der Waals surface area contributed by atoms with Crippen molar-refractivity contribution in [2.24, 2.45) is 0 Å². The highest BCUT2D eigenvalue weighted by Crippen LogP contribution is 2.25. The number of rotatable bonds is 5. The number of amides is 1. The average Bonchev–Trinajstić information content (AvgIpc) is 3.24. The van der Waals surface area contributed by atoms with Crippen molar-refractivity contribution in [1.82, 2.24) is 15.5 Å². The van der Waals surface area contributed by atoms with Crippen LogP contribution < -0.4 is 15.4 Å². The van der Waals surface area contributed by atoms with E-state index >= 15 is 0 Å². The fraction of sp³-hybridized carbons (Fsp3) is 0.208. The second-order valence-corrected chi connectivity index (χ2v) is 8.65. The molecule has 2 heterocycles. The number of nitrogens with one attached hydrogen (secondary N) is 2. The SMILES string of the molecule is COc1ccc2cc(Cc3nnc(NC(=O)c4ccc5c(c4)CCNC5)s3)ccc2c1.Cl. The fourth-order valence-electron chi connectivity index (χ4n) is 3.85. The molecule has 0 fully saturated rings. The van der Waals surface area contributed by atoms with Crippen LogP contribution in [0.5, 0.6) is 5.75 Å². The molecule has 164 valence electrons. The number of nitrogens with zero attached hydrogens (tertiary/aromatic N) is 2. The number of benzene rings is 3. The van der Waals surface area contributed by atoms with Gasteiger partial charge in [-0.15, -0.1) is 22.6 Å². The number of methoxy groups -OCH3 is 1. The van der Waals surface area contributed by atoms with Crippen molar-refractivity contribution >= 4 is 45.6 Å². The van der Waals surface area contributed by atoms with E-state index in [1.807, 2.05) is 30.3 Å². The summed E-state index contributed by atoms with van der Waals surface area (Å²) >= 11 is 1.41. The smallest absolute Gasteiger partial charge is 0.257 e. The van der Waals surface area contributed by atoms with Gasteiger partial charge in [-0.2, -0.15) is 0 Å². The lowest BCUT2D eigenvalue weighted by Crippen LogP contribution is -2.24. The molecule has 0 aliphatic carbocycles. The van der Waals surface area contributed by atoms with Gasteiger partial charge in [0.2, 0.25) is 5.13 Å². The largest absolute Gasteiger partial charge is 0.497 e. The zero-order valence-corrected chi connectivity index (χ0v) is 19.2. The minimum atomic E-state index is -0.149. The number of carbonyl (C=O) groups is 1. The van der Waals surface area contributed by atoms with Crippen LogP contribution in [0.25, 0.3) is 10.8 Å². The number of carbonyl (C=O) groups excluding carboxylic acids is 1. The van der Waals surface area contributed by atoms with E-state index in [0.717, 1.165) is 46.6 Å². The molecule has 1 aromatic heterocycles. The van der Waals surface area contributed by atoms with Crippen LogP contribution in [-0.2, 0) is 19.4 Å². The summed E-state index contributed by atoms with van der Waals surface area (Å²) in [7, 11) is 1.67. The summed E-state index contributed by atoms with van der Waals surface area (Å²) in [6.07, 6.45) is 1.61. The van der Waals surface area contributed by atoms with Crippen LogP contribution in [0.1, 0.15) is 32.1 Å². The molecule has 5 rings (SSSR count). The maximum atomic E-state index is 12.7. The number of ether oxygens (including phenoxy) is 1. The molecule has 0 saturated heterocycles. The summed E-state index contributed by atoms with van der Waals surface area (Å²) < 4.78 is 5.29. The zero-order chi connectivity index (χ0) is 21.2. The minimum Gasteiger partial charge on any atom is -0.497 e. The topological polar surface area (TPSA) is 76.1 Å². The number of halogens is 1. The highest BCUT2D eigenvalue weighted by atomic mass is 35.5. The van der Waals surface area contributed by atoms with E-state index in [2.05, 4.69) is 45.1 Å². The third-order valence-corrected chi connectivity index (χ3v) is 6.35. The molecule has 0 bridgehead atoms. The van der Waals surface area contributed by atoms with E-state index in [4.69, 9.17) is 4.74 Å². The Morgan fingerprint density at radius 1 is 1.06 bits per heavy atom. The molecule has 8 heteroatoms. The van der Waals surface area contributed by atoms with Gasteiger partial charge in [0.15, 0.2) is 0 Å². The van der Waals surface area contributed by atoms with Crippen LogP contribution in [0, 0.1) is 0 Å². The Kier molecular flexibility index (Phi) is 6.69. The Morgan fingerprint density at radius 3 is 2.78 bits per heavy atom. The third-order valence-electron chi connectivity index (χ3n) is 5.51. The lowest BCUT2D eigenvalue weighted by molar-refractivity contribution is 0.102. The summed E-state index contributed by atoms with van der Waals surface area (Å²) in [6.45, 7) is 1.81. The molecule has 0 atom stereocenters. The van der Waals surface area contributed by atoms with Gasteiger partial charge in [-0.05, 0) is 64.7 Å². The summed E-state index contributed by atoms with van der Waals surface area (Å²) in [5.74, 6) is 0.698. The van der Waals surface area contributed by atoms with Gasteiger partial charge in [-0.1, -0.05) is 41.7 Å². The highest BCUT2D eigenvalue weighted by Gasteiger charge is 2.14. The van der Waals surface area contributed by atoms with Gasteiger partial charge in [0.05, 0.1) is 7.11 Å². The molecule has 1 aliphatic rings. The molecule has 6 nitrogen and oxygen atoms in total. The average molecular weight is 467 g/mol. The number of aromatic nitrogens is 2. The molecule has 0 spiro atoms. The summed E-state index contributed by atoms with van der Waals surface area (Å²) in [5.41, 5.74) is 4.30. The molecule has 0 unspecified atom stereocenters. The van der Waals surface area contributed by atoms with Crippen molar-refractivity contribution < 1.29 is 9.53 Å². The molecule has 0 saturated carbocycles. The lowest BCUT2D eigenvalue weighted by Gasteiger charge is -2.17. The standard InChI is InChI=1S/C24H22N4O2S.ClH/c1-30-21-7-6-16-10-15(2-3-17(16)13-21)11-22-27-28-24(31-22)26-23(29)19-4-5-20-14-25-9-8-18(20)12-19;/h2-7,10,12-13,25H,8-9,11,14H2,1H3,(H,26,28,29);1H. The van der Waals surface area contributed by atoms with Gasteiger partial charge < -0.3 is 10.1 Å². The first-order valence-corrected chi connectivity index (χ1v) is 11.0. The molecule has 32 heavy (non-hydrogen) atoms. The maximum Gasteiger partial charge on any atom is 0.257 e.